The molecule has 1 aliphatic rings. The van der Waals surface area contributed by atoms with Crippen LogP contribution >= 0.6 is 0 Å². The molecule has 1 heterocycles. The molecular weight excluding hydrogens is 181 g/mol. The fourth-order valence-electron chi connectivity index (χ4n) is 1.90. The first-order chi connectivity index (χ1) is 6.75. The first-order valence-electron chi connectivity index (χ1n) is 4.94. The van der Waals surface area contributed by atoms with Crippen LogP contribution in [0.4, 0.5) is 4.39 Å². The van der Waals surface area contributed by atoms with Crippen molar-refractivity contribution >= 4 is 0 Å². The zero-order valence-corrected chi connectivity index (χ0v) is 7.96. The van der Waals surface area contributed by atoms with Crippen LogP contribution in [0.15, 0.2) is 18.2 Å². The number of hydrogen-bond donors (Lipinski definition) is 2. The number of phenols is 1. The molecule has 1 aliphatic heterocycles. The van der Waals surface area contributed by atoms with Gasteiger partial charge in [-0.3, -0.25) is 0 Å². The number of phenolic OH excluding ortho intramolecular Hbond substituents is 1. The molecule has 76 valence electrons. The highest BCUT2D eigenvalue weighted by Gasteiger charge is 2.16. The maximum atomic E-state index is 13.3. The Labute approximate surface area is 82.8 Å². The molecule has 0 spiro atoms. The van der Waals surface area contributed by atoms with Gasteiger partial charge in [-0.2, -0.15) is 0 Å². The lowest BCUT2D eigenvalue weighted by Crippen LogP contribution is -2.11. The first-order valence-corrected chi connectivity index (χ1v) is 4.94. The molecule has 0 radical (unpaired) electrons. The average molecular weight is 195 g/mol. The second-order valence-electron chi connectivity index (χ2n) is 3.84. The van der Waals surface area contributed by atoms with E-state index in [2.05, 4.69) is 5.32 Å². The fourth-order valence-corrected chi connectivity index (χ4v) is 1.90. The minimum atomic E-state index is -0.295. The van der Waals surface area contributed by atoms with Crippen LogP contribution in [0, 0.1) is 11.7 Å². The van der Waals surface area contributed by atoms with E-state index in [0.717, 1.165) is 25.9 Å². The summed E-state index contributed by atoms with van der Waals surface area (Å²) in [5, 5.41) is 12.3. The van der Waals surface area contributed by atoms with Crippen LogP contribution in [0.3, 0.4) is 0 Å². The topological polar surface area (TPSA) is 32.3 Å². The number of aromatic hydroxyl groups is 1. The Morgan fingerprint density at radius 1 is 1.50 bits per heavy atom. The maximum Gasteiger partial charge on any atom is 0.130 e. The minimum absolute atomic E-state index is 0.00389. The summed E-state index contributed by atoms with van der Waals surface area (Å²) < 4.78 is 13.3. The Kier molecular flexibility index (Phi) is 2.68. The lowest BCUT2D eigenvalue weighted by Gasteiger charge is -2.08. The Morgan fingerprint density at radius 3 is 3.00 bits per heavy atom. The number of halogens is 1. The summed E-state index contributed by atoms with van der Waals surface area (Å²) in [6.45, 7) is 2.00. The van der Waals surface area contributed by atoms with Gasteiger partial charge in [0.05, 0.1) is 0 Å². The summed E-state index contributed by atoms with van der Waals surface area (Å²) in [5.74, 6) is 0.238. The smallest absolute Gasteiger partial charge is 0.130 e. The third-order valence-corrected chi connectivity index (χ3v) is 2.71. The average Bonchev–Trinajstić information content (AvgIpc) is 2.62. The highest BCUT2D eigenvalue weighted by atomic mass is 19.1. The molecule has 1 aromatic carbocycles. The van der Waals surface area contributed by atoms with Crippen molar-refractivity contribution in [1.29, 1.82) is 0 Å². The zero-order valence-electron chi connectivity index (χ0n) is 7.96. The maximum absolute atomic E-state index is 13.3. The summed E-state index contributed by atoms with van der Waals surface area (Å²) >= 11 is 0. The molecule has 0 saturated carbocycles. The summed E-state index contributed by atoms with van der Waals surface area (Å²) in [6.07, 6.45) is 1.87. The van der Waals surface area contributed by atoms with Crippen LogP contribution in [-0.4, -0.2) is 18.2 Å². The van der Waals surface area contributed by atoms with Crippen molar-refractivity contribution in [2.75, 3.05) is 13.1 Å². The van der Waals surface area contributed by atoms with Gasteiger partial charge in [-0.05, 0) is 43.5 Å². The van der Waals surface area contributed by atoms with Crippen molar-refractivity contribution in [3.8, 4) is 5.75 Å². The van der Waals surface area contributed by atoms with Crippen LogP contribution in [0.1, 0.15) is 12.0 Å². The van der Waals surface area contributed by atoms with Crippen molar-refractivity contribution in [2.45, 2.75) is 12.8 Å². The third-order valence-electron chi connectivity index (χ3n) is 2.71. The number of rotatable bonds is 2. The molecule has 1 fully saturated rings. The molecule has 2 rings (SSSR count). The van der Waals surface area contributed by atoms with Crippen molar-refractivity contribution in [2.24, 2.45) is 5.92 Å². The van der Waals surface area contributed by atoms with Crippen molar-refractivity contribution in [1.82, 2.24) is 5.32 Å². The monoisotopic (exact) mass is 195 g/mol. The van der Waals surface area contributed by atoms with Gasteiger partial charge in [0.2, 0.25) is 0 Å². The van der Waals surface area contributed by atoms with Gasteiger partial charge >= 0.3 is 0 Å². The van der Waals surface area contributed by atoms with Gasteiger partial charge in [0, 0.05) is 6.07 Å². The molecule has 0 amide bonds. The van der Waals surface area contributed by atoms with Crippen LogP contribution < -0.4 is 5.32 Å². The number of benzene rings is 1. The summed E-state index contributed by atoms with van der Waals surface area (Å²) in [7, 11) is 0. The second-order valence-corrected chi connectivity index (χ2v) is 3.84. The Morgan fingerprint density at radius 2 is 2.36 bits per heavy atom. The number of hydrogen-bond acceptors (Lipinski definition) is 2. The molecule has 1 unspecified atom stereocenters. The highest BCUT2D eigenvalue weighted by molar-refractivity contribution is 5.28. The predicted octanol–water partition coefficient (Wildman–Crippen LogP) is 1.68. The van der Waals surface area contributed by atoms with Crippen molar-refractivity contribution in [3.63, 3.8) is 0 Å². The van der Waals surface area contributed by atoms with E-state index in [1.807, 2.05) is 0 Å². The molecule has 2 nitrogen and oxygen atoms in total. The molecule has 0 aromatic heterocycles. The molecule has 1 atom stereocenters. The van der Waals surface area contributed by atoms with E-state index < -0.39 is 0 Å². The molecule has 0 bridgehead atoms. The SMILES string of the molecule is Oc1ccc(CC2CCNC2)c(F)c1. The normalized spacial score (nSPS) is 21.4. The van der Waals surface area contributed by atoms with E-state index in [0.29, 0.717) is 11.5 Å². The first kappa shape index (κ1) is 9.46. The molecule has 3 heteroatoms. The largest absolute Gasteiger partial charge is 0.508 e. The van der Waals surface area contributed by atoms with Gasteiger partial charge in [0.25, 0.3) is 0 Å². The lowest BCUT2D eigenvalue weighted by molar-refractivity contribution is 0.465. The van der Waals surface area contributed by atoms with Gasteiger partial charge < -0.3 is 10.4 Å². The van der Waals surface area contributed by atoms with Crippen LogP contribution in [-0.2, 0) is 6.42 Å². The van der Waals surface area contributed by atoms with Crippen molar-refractivity contribution in [3.05, 3.63) is 29.6 Å². The van der Waals surface area contributed by atoms with Gasteiger partial charge in [-0.15, -0.1) is 0 Å². The molecule has 1 saturated heterocycles. The standard InChI is InChI=1S/C11H14FNO/c12-11-6-10(14)2-1-9(11)5-8-3-4-13-7-8/h1-2,6,8,13-14H,3-5,7H2. The van der Waals surface area contributed by atoms with E-state index in [1.165, 1.54) is 6.07 Å². The van der Waals surface area contributed by atoms with Gasteiger partial charge in [-0.25, -0.2) is 4.39 Å². The van der Waals surface area contributed by atoms with E-state index >= 15 is 0 Å². The zero-order chi connectivity index (χ0) is 9.97. The molecule has 2 N–H and O–H groups in total. The Balaban J connectivity index is 2.08. The third kappa shape index (κ3) is 2.04. The lowest BCUT2D eigenvalue weighted by atomic mass is 9.98. The molecule has 0 aliphatic carbocycles. The molecular formula is C11H14FNO. The minimum Gasteiger partial charge on any atom is -0.508 e. The summed E-state index contributed by atoms with van der Waals surface area (Å²) in [6, 6.07) is 4.39. The highest BCUT2D eigenvalue weighted by Crippen LogP contribution is 2.20. The molecule has 1 aromatic rings. The van der Waals surface area contributed by atoms with Crippen LogP contribution in [0.25, 0.3) is 0 Å². The predicted molar refractivity (Wildman–Crippen MR) is 52.7 cm³/mol. The van der Waals surface area contributed by atoms with Gasteiger partial charge in [-0.1, -0.05) is 6.07 Å². The van der Waals surface area contributed by atoms with E-state index in [4.69, 9.17) is 5.11 Å². The molecule has 14 heavy (non-hydrogen) atoms. The van der Waals surface area contributed by atoms with Gasteiger partial charge in [0.15, 0.2) is 0 Å². The Hall–Kier alpha value is -1.09. The summed E-state index contributed by atoms with van der Waals surface area (Å²) in [4.78, 5) is 0. The number of nitrogens with one attached hydrogen (secondary N) is 1. The van der Waals surface area contributed by atoms with E-state index in [9.17, 15) is 4.39 Å². The van der Waals surface area contributed by atoms with Crippen molar-refractivity contribution < 1.29 is 9.50 Å². The second kappa shape index (κ2) is 3.96. The van der Waals surface area contributed by atoms with E-state index in [-0.39, 0.29) is 11.6 Å². The van der Waals surface area contributed by atoms with Gasteiger partial charge in [0.1, 0.15) is 11.6 Å². The quantitative estimate of drug-likeness (QED) is 0.752. The van der Waals surface area contributed by atoms with E-state index in [1.54, 1.807) is 12.1 Å². The van der Waals surface area contributed by atoms with Crippen LogP contribution in [0.2, 0.25) is 0 Å². The summed E-state index contributed by atoms with van der Waals surface area (Å²) in [5.41, 5.74) is 0.705. The fraction of sp³-hybridized carbons (Fsp3) is 0.455. The van der Waals surface area contributed by atoms with Crippen LogP contribution in [0.5, 0.6) is 5.75 Å². The Bertz CT molecular complexity index is 321.